The van der Waals surface area contributed by atoms with Crippen LogP contribution in [0.25, 0.3) is 32.9 Å². The Morgan fingerprint density at radius 3 is 2.38 bits per heavy atom. The maximum absolute atomic E-state index is 12.9. The van der Waals surface area contributed by atoms with Crippen molar-refractivity contribution in [3.8, 4) is 11.1 Å². The molecule has 100 valence electrons. The smallest absolute Gasteiger partial charge is 0.201 e. The predicted molar refractivity (Wildman–Crippen MR) is 85.4 cm³/mol. The van der Waals surface area contributed by atoms with Gasteiger partial charge in [0.15, 0.2) is 0 Å². The van der Waals surface area contributed by atoms with E-state index in [0.29, 0.717) is 16.5 Å². The van der Waals surface area contributed by atoms with Gasteiger partial charge in [-0.25, -0.2) is 0 Å². The summed E-state index contributed by atoms with van der Waals surface area (Å²) in [5.74, 6) is 0. The number of benzene rings is 3. The fraction of sp³-hybridized carbons (Fsp3) is 0. The van der Waals surface area contributed by atoms with Crippen molar-refractivity contribution in [1.82, 2.24) is 0 Å². The van der Waals surface area contributed by atoms with Crippen molar-refractivity contribution in [3.05, 3.63) is 83.2 Å². The Bertz CT molecular complexity index is 998. The van der Waals surface area contributed by atoms with Gasteiger partial charge in [0.2, 0.25) is 5.43 Å². The second-order valence-electron chi connectivity index (χ2n) is 5.00. The third-order valence-corrected chi connectivity index (χ3v) is 3.75. The summed E-state index contributed by atoms with van der Waals surface area (Å²) in [5, 5.41) is 2.62. The molecule has 0 bridgehead atoms. The third-order valence-electron chi connectivity index (χ3n) is 3.75. The monoisotopic (exact) mass is 272 g/mol. The summed E-state index contributed by atoms with van der Waals surface area (Å²) in [7, 11) is 0. The van der Waals surface area contributed by atoms with Crippen molar-refractivity contribution >= 4 is 21.7 Å². The molecule has 0 aliphatic rings. The lowest BCUT2D eigenvalue weighted by atomic mass is 10.0. The van der Waals surface area contributed by atoms with Crippen LogP contribution in [-0.4, -0.2) is 0 Å². The van der Waals surface area contributed by atoms with Crippen LogP contribution in [0.2, 0.25) is 0 Å². The molecule has 2 nitrogen and oxygen atoms in total. The number of rotatable bonds is 1. The van der Waals surface area contributed by atoms with E-state index < -0.39 is 0 Å². The van der Waals surface area contributed by atoms with E-state index in [2.05, 4.69) is 0 Å². The first-order valence-corrected chi connectivity index (χ1v) is 6.83. The average Bonchev–Trinajstić information content (AvgIpc) is 2.55. The first-order valence-electron chi connectivity index (χ1n) is 6.83. The first-order chi connectivity index (χ1) is 10.3. The standard InChI is InChI=1S/C19H12O2/c20-19-16(13-6-2-1-3-7-13)12-21-17-11-10-14-8-4-5-9-15(14)18(17)19/h1-12H. The van der Waals surface area contributed by atoms with Gasteiger partial charge in [-0.05, 0) is 22.4 Å². The molecule has 0 saturated heterocycles. The summed E-state index contributed by atoms with van der Waals surface area (Å²) in [4.78, 5) is 12.9. The molecule has 0 atom stereocenters. The molecule has 1 aromatic heterocycles. The zero-order chi connectivity index (χ0) is 14.2. The Morgan fingerprint density at radius 1 is 0.762 bits per heavy atom. The maximum Gasteiger partial charge on any atom is 0.201 e. The number of hydrogen-bond donors (Lipinski definition) is 0. The molecule has 4 aromatic rings. The molecule has 0 unspecified atom stereocenters. The van der Waals surface area contributed by atoms with Gasteiger partial charge in [0.1, 0.15) is 11.8 Å². The largest absolute Gasteiger partial charge is 0.463 e. The molecule has 0 amide bonds. The molecule has 0 aliphatic carbocycles. The lowest BCUT2D eigenvalue weighted by Gasteiger charge is -2.05. The normalized spacial score (nSPS) is 11.0. The minimum Gasteiger partial charge on any atom is -0.463 e. The molecular weight excluding hydrogens is 260 g/mol. The molecule has 2 heteroatoms. The Hall–Kier alpha value is -2.87. The summed E-state index contributed by atoms with van der Waals surface area (Å²) in [5.41, 5.74) is 2.11. The Balaban J connectivity index is 2.15. The van der Waals surface area contributed by atoms with Crippen LogP contribution in [-0.2, 0) is 0 Å². The molecule has 0 aliphatic heterocycles. The van der Waals surface area contributed by atoms with Crippen LogP contribution < -0.4 is 5.43 Å². The number of hydrogen-bond acceptors (Lipinski definition) is 2. The average molecular weight is 272 g/mol. The zero-order valence-electron chi connectivity index (χ0n) is 11.2. The van der Waals surface area contributed by atoms with Gasteiger partial charge in [0, 0.05) is 0 Å². The quantitative estimate of drug-likeness (QED) is 0.473. The van der Waals surface area contributed by atoms with Crippen molar-refractivity contribution in [1.29, 1.82) is 0 Å². The molecule has 0 fully saturated rings. The van der Waals surface area contributed by atoms with Crippen LogP contribution in [0.3, 0.4) is 0 Å². The van der Waals surface area contributed by atoms with E-state index in [4.69, 9.17) is 4.42 Å². The lowest BCUT2D eigenvalue weighted by Crippen LogP contribution is -2.05. The highest BCUT2D eigenvalue weighted by molar-refractivity contribution is 6.06. The molecule has 0 N–H and O–H groups in total. The van der Waals surface area contributed by atoms with Crippen LogP contribution in [0.5, 0.6) is 0 Å². The Morgan fingerprint density at radius 2 is 1.52 bits per heavy atom. The van der Waals surface area contributed by atoms with Crippen LogP contribution in [0, 0.1) is 0 Å². The maximum atomic E-state index is 12.9. The van der Waals surface area contributed by atoms with E-state index in [0.717, 1.165) is 16.3 Å². The highest BCUT2D eigenvalue weighted by atomic mass is 16.3. The minimum absolute atomic E-state index is 0.0132. The lowest BCUT2D eigenvalue weighted by molar-refractivity contribution is 0.605. The zero-order valence-corrected chi connectivity index (χ0v) is 11.2. The van der Waals surface area contributed by atoms with E-state index in [1.54, 1.807) is 6.26 Å². The van der Waals surface area contributed by atoms with Crippen molar-refractivity contribution in [3.63, 3.8) is 0 Å². The summed E-state index contributed by atoms with van der Waals surface area (Å²) in [6.07, 6.45) is 1.55. The van der Waals surface area contributed by atoms with Gasteiger partial charge in [-0.1, -0.05) is 60.7 Å². The topological polar surface area (TPSA) is 30.2 Å². The molecule has 0 radical (unpaired) electrons. The van der Waals surface area contributed by atoms with Gasteiger partial charge < -0.3 is 4.42 Å². The SMILES string of the molecule is O=c1c(-c2ccccc2)coc2ccc3ccccc3c12. The highest BCUT2D eigenvalue weighted by Crippen LogP contribution is 2.25. The fourth-order valence-corrected chi connectivity index (χ4v) is 2.71. The van der Waals surface area contributed by atoms with E-state index >= 15 is 0 Å². The van der Waals surface area contributed by atoms with Crippen molar-refractivity contribution in [2.75, 3.05) is 0 Å². The van der Waals surface area contributed by atoms with E-state index in [-0.39, 0.29) is 5.43 Å². The molecule has 3 aromatic carbocycles. The van der Waals surface area contributed by atoms with E-state index in [9.17, 15) is 4.79 Å². The molecule has 4 rings (SSSR count). The summed E-state index contributed by atoms with van der Waals surface area (Å²) >= 11 is 0. The summed E-state index contributed by atoms with van der Waals surface area (Å²) in [6.45, 7) is 0. The minimum atomic E-state index is 0.0132. The molecule has 0 spiro atoms. The second-order valence-corrected chi connectivity index (χ2v) is 5.00. The summed E-state index contributed by atoms with van der Waals surface area (Å²) < 4.78 is 5.69. The van der Waals surface area contributed by atoms with Gasteiger partial charge in [0.25, 0.3) is 0 Å². The van der Waals surface area contributed by atoms with Crippen LogP contribution in [0.1, 0.15) is 0 Å². The fourth-order valence-electron chi connectivity index (χ4n) is 2.71. The molecule has 1 heterocycles. The molecular formula is C19H12O2. The van der Waals surface area contributed by atoms with Gasteiger partial charge in [-0.3, -0.25) is 4.79 Å². The highest BCUT2D eigenvalue weighted by Gasteiger charge is 2.11. The second kappa shape index (κ2) is 4.60. The summed E-state index contributed by atoms with van der Waals surface area (Å²) in [6, 6.07) is 21.3. The van der Waals surface area contributed by atoms with Gasteiger partial charge >= 0.3 is 0 Å². The van der Waals surface area contributed by atoms with E-state index in [1.807, 2.05) is 66.7 Å². The Labute approximate surface area is 121 Å². The number of fused-ring (bicyclic) bond motifs is 3. The molecule has 0 saturated carbocycles. The van der Waals surface area contributed by atoms with E-state index in [1.165, 1.54) is 0 Å². The predicted octanol–water partition coefficient (Wildman–Crippen LogP) is 4.61. The van der Waals surface area contributed by atoms with Crippen LogP contribution in [0.4, 0.5) is 0 Å². The molecule has 21 heavy (non-hydrogen) atoms. The Kier molecular flexibility index (Phi) is 2.61. The van der Waals surface area contributed by atoms with Gasteiger partial charge in [0.05, 0.1) is 10.9 Å². The van der Waals surface area contributed by atoms with Crippen LogP contribution >= 0.6 is 0 Å². The van der Waals surface area contributed by atoms with Crippen molar-refractivity contribution in [2.45, 2.75) is 0 Å². The van der Waals surface area contributed by atoms with Crippen molar-refractivity contribution in [2.24, 2.45) is 0 Å². The van der Waals surface area contributed by atoms with Crippen LogP contribution in [0.15, 0.2) is 82.2 Å². The van der Waals surface area contributed by atoms with Gasteiger partial charge in [-0.15, -0.1) is 0 Å². The van der Waals surface area contributed by atoms with Crippen molar-refractivity contribution < 1.29 is 4.42 Å². The third kappa shape index (κ3) is 1.84. The van der Waals surface area contributed by atoms with Gasteiger partial charge in [-0.2, -0.15) is 0 Å². The first kappa shape index (κ1) is 11.9.